The van der Waals surface area contributed by atoms with Crippen LogP contribution in [0.1, 0.15) is 15.9 Å². The number of pyridine rings is 1. The van der Waals surface area contributed by atoms with Crippen molar-refractivity contribution in [3.8, 4) is 0 Å². The number of halogens is 1. The molecule has 0 radical (unpaired) electrons. The van der Waals surface area contributed by atoms with Crippen LogP contribution < -0.4 is 5.32 Å². The molecule has 2 rings (SSSR count). The highest BCUT2D eigenvalue weighted by molar-refractivity contribution is 9.10. The lowest BCUT2D eigenvalue weighted by Gasteiger charge is -2.07. The fraction of sp³-hybridized carbons (Fsp3) is 0. The maximum absolute atomic E-state index is 11.8. The molecule has 0 spiro atoms. The van der Waals surface area contributed by atoms with Crippen LogP contribution in [0, 0.1) is 0 Å². The van der Waals surface area contributed by atoms with Gasteiger partial charge in [-0.3, -0.25) is 9.78 Å². The third-order valence-corrected chi connectivity index (χ3v) is 3.07. The van der Waals surface area contributed by atoms with E-state index in [1.165, 1.54) is 12.1 Å². The van der Waals surface area contributed by atoms with E-state index < -0.39 is 11.9 Å². The Morgan fingerprint density at radius 3 is 2.76 bits per heavy atom. The highest BCUT2D eigenvalue weighted by atomic mass is 79.9. The minimum absolute atomic E-state index is 0.0290. The maximum atomic E-state index is 11.8. The predicted molar refractivity (Wildman–Crippen MR) is 83.0 cm³/mol. The fourth-order valence-corrected chi connectivity index (χ4v) is 1.99. The Labute approximate surface area is 129 Å². The van der Waals surface area contributed by atoms with Crippen LogP contribution in [-0.4, -0.2) is 22.0 Å². The summed E-state index contributed by atoms with van der Waals surface area (Å²) >= 11 is 3.24. The first-order chi connectivity index (χ1) is 10.1. The summed E-state index contributed by atoms with van der Waals surface area (Å²) in [6.45, 7) is 0. The monoisotopic (exact) mass is 346 g/mol. The number of aromatic carboxylic acids is 1. The Morgan fingerprint density at radius 1 is 1.29 bits per heavy atom. The first-order valence-corrected chi connectivity index (χ1v) is 6.77. The summed E-state index contributed by atoms with van der Waals surface area (Å²) in [6.07, 6.45) is 6.17. The van der Waals surface area contributed by atoms with Crippen LogP contribution in [0.4, 0.5) is 5.69 Å². The first-order valence-electron chi connectivity index (χ1n) is 5.98. The molecular formula is C15H11BrN2O3. The van der Waals surface area contributed by atoms with Gasteiger partial charge in [0.2, 0.25) is 5.91 Å². The number of carboxylic acid groups (broad SMARTS) is 1. The smallest absolute Gasteiger partial charge is 0.337 e. The second-order valence-electron chi connectivity index (χ2n) is 4.10. The number of rotatable bonds is 4. The molecule has 0 bridgehead atoms. The molecule has 1 aromatic carbocycles. The lowest BCUT2D eigenvalue weighted by atomic mass is 10.2. The Hall–Kier alpha value is -2.47. The standard InChI is InChI=1S/C15H11BrN2O3/c16-11-4-5-12(15(20)21)13(8-11)18-14(19)6-3-10-2-1-7-17-9-10/h1-9H,(H,18,19)(H,20,21)/b6-3+. The molecule has 0 saturated carbocycles. The van der Waals surface area contributed by atoms with E-state index in [4.69, 9.17) is 5.11 Å². The summed E-state index contributed by atoms with van der Waals surface area (Å²) in [5.74, 6) is -1.52. The number of amides is 1. The molecule has 106 valence electrons. The molecule has 0 aliphatic heterocycles. The minimum Gasteiger partial charge on any atom is -0.478 e. The van der Waals surface area contributed by atoms with Crippen molar-refractivity contribution in [3.05, 3.63) is 64.4 Å². The second-order valence-corrected chi connectivity index (χ2v) is 5.02. The molecule has 0 aliphatic rings. The number of nitrogens with zero attached hydrogens (tertiary/aromatic N) is 1. The number of anilines is 1. The topological polar surface area (TPSA) is 79.3 Å². The largest absolute Gasteiger partial charge is 0.478 e. The molecule has 0 unspecified atom stereocenters. The third-order valence-electron chi connectivity index (χ3n) is 2.58. The highest BCUT2D eigenvalue weighted by Gasteiger charge is 2.11. The molecule has 21 heavy (non-hydrogen) atoms. The fourth-order valence-electron chi connectivity index (χ4n) is 1.63. The van der Waals surface area contributed by atoms with Crippen molar-refractivity contribution < 1.29 is 14.7 Å². The van der Waals surface area contributed by atoms with Crippen LogP contribution in [0.15, 0.2) is 53.3 Å². The lowest BCUT2D eigenvalue weighted by Crippen LogP contribution is -2.12. The van der Waals surface area contributed by atoms with E-state index in [1.54, 1.807) is 42.7 Å². The van der Waals surface area contributed by atoms with E-state index in [0.29, 0.717) is 4.47 Å². The van der Waals surface area contributed by atoms with Gasteiger partial charge in [0.05, 0.1) is 11.3 Å². The summed E-state index contributed by atoms with van der Waals surface area (Å²) < 4.78 is 0.680. The van der Waals surface area contributed by atoms with E-state index >= 15 is 0 Å². The van der Waals surface area contributed by atoms with Crippen molar-refractivity contribution in [2.75, 3.05) is 5.32 Å². The molecule has 0 atom stereocenters. The molecule has 0 aliphatic carbocycles. The van der Waals surface area contributed by atoms with Gasteiger partial charge in [-0.2, -0.15) is 0 Å². The lowest BCUT2D eigenvalue weighted by molar-refractivity contribution is -0.111. The van der Waals surface area contributed by atoms with Gasteiger partial charge in [0.1, 0.15) is 0 Å². The minimum atomic E-state index is -1.10. The van der Waals surface area contributed by atoms with Gasteiger partial charge in [0, 0.05) is 22.9 Å². The number of aromatic nitrogens is 1. The number of hydrogen-bond acceptors (Lipinski definition) is 3. The van der Waals surface area contributed by atoms with Crippen LogP contribution in [0.5, 0.6) is 0 Å². The van der Waals surface area contributed by atoms with E-state index in [1.807, 2.05) is 0 Å². The molecule has 6 heteroatoms. The summed E-state index contributed by atoms with van der Waals surface area (Å²) in [4.78, 5) is 26.9. The molecule has 2 N–H and O–H groups in total. The van der Waals surface area contributed by atoms with Gasteiger partial charge in [0.25, 0.3) is 0 Å². The molecule has 2 aromatic rings. The Bertz CT molecular complexity index is 699. The zero-order valence-electron chi connectivity index (χ0n) is 10.8. The quantitative estimate of drug-likeness (QED) is 0.833. The normalized spacial score (nSPS) is 10.5. The third kappa shape index (κ3) is 4.25. The summed E-state index contributed by atoms with van der Waals surface area (Å²) in [5.41, 5.74) is 1.04. The van der Waals surface area contributed by atoms with Crippen molar-refractivity contribution in [2.24, 2.45) is 0 Å². The van der Waals surface area contributed by atoms with E-state index in [9.17, 15) is 9.59 Å². The number of carboxylic acids is 1. The van der Waals surface area contributed by atoms with E-state index in [-0.39, 0.29) is 11.3 Å². The molecule has 5 nitrogen and oxygen atoms in total. The predicted octanol–water partition coefficient (Wildman–Crippen LogP) is 3.19. The van der Waals surface area contributed by atoms with Gasteiger partial charge in [-0.15, -0.1) is 0 Å². The second kappa shape index (κ2) is 6.81. The molecule has 1 amide bonds. The Balaban J connectivity index is 2.15. The van der Waals surface area contributed by atoms with E-state index in [0.717, 1.165) is 5.56 Å². The van der Waals surface area contributed by atoms with Crippen LogP contribution in [0.3, 0.4) is 0 Å². The molecule has 1 aromatic heterocycles. The number of hydrogen-bond donors (Lipinski definition) is 2. The maximum Gasteiger partial charge on any atom is 0.337 e. The van der Waals surface area contributed by atoms with Gasteiger partial charge < -0.3 is 10.4 Å². The summed E-state index contributed by atoms with van der Waals surface area (Å²) in [5, 5.41) is 11.6. The summed E-state index contributed by atoms with van der Waals surface area (Å²) in [6, 6.07) is 8.13. The van der Waals surface area contributed by atoms with Crippen molar-refractivity contribution in [1.82, 2.24) is 4.98 Å². The van der Waals surface area contributed by atoms with Gasteiger partial charge in [-0.1, -0.05) is 22.0 Å². The van der Waals surface area contributed by atoms with E-state index in [2.05, 4.69) is 26.2 Å². The zero-order chi connectivity index (χ0) is 15.2. The zero-order valence-corrected chi connectivity index (χ0v) is 12.4. The van der Waals surface area contributed by atoms with Gasteiger partial charge in [-0.25, -0.2) is 4.79 Å². The molecule has 0 fully saturated rings. The first kappa shape index (κ1) is 14.9. The molecule has 0 saturated heterocycles. The Morgan fingerprint density at radius 2 is 2.10 bits per heavy atom. The Kier molecular flexibility index (Phi) is 4.84. The van der Waals surface area contributed by atoms with Gasteiger partial charge in [-0.05, 0) is 35.9 Å². The number of carbonyl (C=O) groups is 2. The molecular weight excluding hydrogens is 336 g/mol. The van der Waals surface area contributed by atoms with Crippen molar-refractivity contribution >= 4 is 39.6 Å². The average Bonchev–Trinajstić information content (AvgIpc) is 2.46. The van der Waals surface area contributed by atoms with Crippen molar-refractivity contribution in [3.63, 3.8) is 0 Å². The van der Waals surface area contributed by atoms with Crippen LogP contribution >= 0.6 is 15.9 Å². The van der Waals surface area contributed by atoms with Crippen LogP contribution in [-0.2, 0) is 4.79 Å². The van der Waals surface area contributed by atoms with Crippen LogP contribution in [0.25, 0.3) is 6.08 Å². The van der Waals surface area contributed by atoms with Gasteiger partial charge >= 0.3 is 5.97 Å². The summed E-state index contributed by atoms with van der Waals surface area (Å²) in [7, 11) is 0. The SMILES string of the molecule is O=C(/C=C/c1cccnc1)Nc1cc(Br)ccc1C(=O)O. The number of carbonyl (C=O) groups excluding carboxylic acids is 1. The van der Waals surface area contributed by atoms with Gasteiger partial charge in [0.15, 0.2) is 0 Å². The average molecular weight is 347 g/mol. The number of nitrogens with one attached hydrogen (secondary N) is 1. The highest BCUT2D eigenvalue weighted by Crippen LogP contribution is 2.21. The van der Waals surface area contributed by atoms with Crippen molar-refractivity contribution in [2.45, 2.75) is 0 Å². The molecule has 1 heterocycles. The van der Waals surface area contributed by atoms with Crippen molar-refractivity contribution in [1.29, 1.82) is 0 Å². The van der Waals surface area contributed by atoms with Crippen LogP contribution in [0.2, 0.25) is 0 Å². The number of benzene rings is 1.